The van der Waals surface area contributed by atoms with Crippen molar-refractivity contribution in [1.29, 1.82) is 0 Å². The van der Waals surface area contributed by atoms with E-state index in [-0.39, 0.29) is 12.4 Å². The van der Waals surface area contributed by atoms with E-state index in [4.69, 9.17) is 4.74 Å². The lowest BCUT2D eigenvalue weighted by Crippen LogP contribution is -2.22. The maximum atomic E-state index is 5.92. The van der Waals surface area contributed by atoms with E-state index < -0.39 is 0 Å². The number of rotatable bonds is 8. The Hall–Kier alpha value is -1.03. The molecule has 0 bridgehead atoms. The maximum Gasteiger partial charge on any atom is 0.119 e. The molecule has 152 valence electrons. The van der Waals surface area contributed by atoms with Crippen LogP contribution in [0.25, 0.3) is 0 Å². The Kier molecular flexibility index (Phi) is 8.25. The van der Waals surface area contributed by atoms with Crippen LogP contribution in [0.5, 0.6) is 5.75 Å². The lowest BCUT2D eigenvalue weighted by molar-refractivity contribution is 0.306. The molecule has 0 aliphatic heterocycles. The zero-order valence-corrected chi connectivity index (χ0v) is 18.8. The third kappa shape index (κ3) is 6.23. The molecule has 0 heterocycles. The van der Waals surface area contributed by atoms with Crippen LogP contribution in [0.15, 0.2) is 53.0 Å². The minimum atomic E-state index is 0. The van der Waals surface area contributed by atoms with Crippen molar-refractivity contribution in [2.75, 3.05) is 6.54 Å². The van der Waals surface area contributed by atoms with Gasteiger partial charge in [-0.3, -0.25) is 0 Å². The standard InChI is InChI=1S/C24H30BrNO.ClH/c25-21-8-4-7-19(15-21)17-27-22-11-9-20(10-12-22)23-16-24(23)26-14-13-18-5-2-1-3-6-18;/h4,7-12,15,18,23-24,26H,1-3,5-6,13-14,16-17H2;1H. The summed E-state index contributed by atoms with van der Waals surface area (Å²) in [5, 5.41) is 3.78. The van der Waals surface area contributed by atoms with Crippen molar-refractivity contribution in [2.45, 2.75) is 63.5 Å². The normalized spacial score (nSPS) is 21.8. The van der Waals surface area contributed by atoms with E-state index in [2.05, 4.69) is 57.6 Å². The number of benzene rings is 2. The van der Waals surface area contributed by atoms with Crippen molar-refractivity contribution >= 4 is 28.3 Å². The summed E-state index contributed by atoms with van der Waals surface area (Å²) in [6.07, 6.45) is 9.92. The number of halogens is 2. The second-order valence-corrected chi connectivity index (χ2v) is 9.10. The summed E-state index contributed by atoms with van der Waals surface area (Å²) < 4.78 is 7.02. The molecular weight excluding hydrogens is 434 g/mol. The molecule has 2 aromatic rings. The monoisotopic (exact) mass is 463 g/mol. The van der Waals surface area contributed by atoms with Gasteiger partial charge in [-0.05, 0) is 60.7 Å². The van der Waals surface area contributed by atoms with Crippen molar-refractivity contribution < 1.29 is 4.74 Å². The predicted octanol–water partition coefficient (Wildman–Crippen LogP) is 6.87. The number of hydrogen-bond acceptors (Lipinski definition) is 2. The van der Waals surface area contributed by atoms with Gasteiger partial charge < -0.3 is 10.1 Å². The largest absolute Gasteiger partial charge is 0.489 e. The van der Waals surface area contributed by atoms with E-state index in [9.17, 15) is 0 Å². The van der Waals surface area contributed by atoms with Crippen molar-refractivity contribution in [2.24, 2.45) is 5.92 Å². The Morgan fingerprint density at radius 1 is 1.00 bits per heavy atom. The Morgan fingerprint density at radius 3 is 2.54 bits per heavy atom. The van der Waals surface area contributed by atoms with Gasteiger partial charge in [0.1, 0.15) is 12.4 Å². The average molecular weight is 465 g/mol. The van der Waals surface area contributed by atoms with E-state index in [0.29, 0.717) is 18.6 Å². The predicted molar refractivity (Wildman–Crippen MR) is 123 cm³/mol. The third-order valence-corrected chi connectivity index (χ3v) is 6.57. The highest BCUT2D eigenvalue weighted by molar-refractivity contribution is 9.10. The Labute approximate surface area is 184 Å². The van der Waals surface area contributed by atoms with E-state index in [0.717, 1.165) is 16.1 Å². The average Bonchev–Trinajstić information content (AvgIpc) is 3.47. The first-order valence-corrected chi connectivity index (χ1v) is 11.3. The molecule has 4 heteroatoms. The summed E-state index contributed by atoms with van der Waals surface area (Å²) in [5.74, 6) is 2.61. The molecule has 0 amide bonds. The van der Waals surface area contributed by atoms with Crippen LogP contribution >= 0.6 is 28.3 Å². The molecule has 4 rings (SSSR count). The summed E-state index contributed by atoms with van der Waals surface area (Å²) in [5.41, 5.74) is 2.62. The molecule has 2 aliphatic carbocycles. The highest BCUT2D eigenvalue weighted by Crippen LogP contribution is 2.41. The van der Waals surface area contributed by atoms with Gasteiger partial charge in [0, 0.05) is 16.4 Å². The second kappa shape index (κ2) is 10.7. The molecule has 0 saturated heterocycles. The minimum Gasteiger partial charge on any atom is -0.489 e. The fraction of sp³-hybridized carbons (Fsp3) is 0.500. The van der Waals surface area contributed by atoms with E-state index in [1.807, 2.05) is 12.1 Å². The lowest BCUT2D eigenvalue weighted by atomic mass is 9.87. The third-order valence-electron chi connectivity index (χ3n) is 6.08. The van der Waals surface area contributed by atoms with Gasteiger partial charge >= 0.3 is 0 Å². The van der Waals surface area contributed by atoms with Crippen molar-refractivity contribution in [3.8, 4) is 5.75 Å². The fourth-order valence-electron chi connectivity index (χ4n) is 4.34. The van der Waals surface area contributed by atoms with Gasteiger partial charge in [0.15, 0.2) is 0 Å². The Bertz CT molecular complexity index is 730. The minimum absolute atomic E-state index is 0. The zero-order valence-electron chi connectivity index (χ0n) is 16.4. The van der Waals surface area contributed by atoms with Crippen LogP contribution in [0.2, 0.25) is 0 Å². The smallest absolute Gasteiger partial charge is 0.119 e. The molecule has 28 heavy (non-hydrogen) atoms. The molecule has 0 aromatic heterocycles. The first-order valence-electron chi connectivity index (χ1n) is 10.5. The first-order chi connectivity index (χ1) is 13.3. The van der Waals surface area contributed by atoms with E-state index in [1.165, 1.54) is 62.6 Å². The highest BCUT2D eigenvalue weighted by Gasteiger charge is 2.37. The summed E-state index contributed by atoms with van der Waals surface area (Å²) in [6, 6.07) is 17.7. The van der Waals surface area contributed by atoms with Gasteiger partial charge in [-0.25, -0.2) is 0 Å². The molecule has 0 spiro atoms. The van der Waals surface area contributed by atoms with Crippen LogP contribution in [0.1, 0.15) is 62.0 Å². The van der Waals surface area contributed by atoms with Crippen LogP contribution in [0.4, 0.5) is 0 Å². The van der Waals surface area contributed by atoms with Crippen LogP contribution in [-0.2, 0) is 6.61 Å². The Balaban J connectivity index is 0.00000225. The van der Waals surface area contributed by atoms with Crippen molar-refractivity contribution in [3.63, 3.8) is 0 Å². The molecule has 2 fully saturated rings. The van der Waals surface area contributed by atoms with Gasteiger partial charge in [-0.2, -0.15) is 0 Å². The van der Waals surface area contributed by atoms with Gasteiger partial charge in [0.25, 0.3) is 0 Å². The highest BCUT2D eigenvalue weighted by atomic mass is 79.9. The van der Waals surface area contributed by atoms with Crippen molar-refractivity contribution in [3.05, 3.63) is 64.1 Å². The molecule has 0 radical (unpaired) electrons. The topological polar surface area (TPSA) is 21.3 Å². The van der Waals surface area contributed by atoms with Gasteiger partial charge in [-0.15, -0.1) is 12.4 Å². The van der Waals surface area contributed by atoms with Crippen molar-refractivity contribution in [1.82, 2.24) is 5.32 Å². The quantitative estimate of drug-likeness (QED) is 0.460. The second-order valence-electron chi connectivity index (χ2n) is 8.18. The molecule has 2 saturated carbocycles. The molecule has 2 nitrogen and oxygen atoms in total. The summed E-state index contributed by atoms with van der Waals surface area (Å²) in [6.45, 7) is 1.80. The summed E-state index contributed by atoms with van der Waals surface area (Å²) in [4.78, 5) is 0. The van der Waals surface area contributed by atoms with Gasteiger partial charge in [0.2, 0.25) is 0 Å². The van der Waals surface area contributed by atoms with Crippen LogP contribution < -0.4 is 10.1 Å². The maximum absolute atomic E-state index is 5.92. The van der Waals surface area contributed by atoms with Crippen LogP contribution in [0, 0.1) is 5.92 Å². The Morgan fingerprint density at radius 2 is 1.79 bits per heavy atom. The first kappa shape index (κ1) is 21.7. The number of hydrogen-bond donors (Lipinski definition) is 1. The summed E-state index contributed by atoms with van der Waals surface area (Å²) in [7, 11) is 0. The van der Waals surface area contributed by atoms with Gasteiger partial charge in [0.05, 0.1) is 0 Å². The molecule has 2 aliphatic rings. The lowest BCUT2D eigenvalue weighted by Gasteiger charge is -2.21. The molecule has 2 aromatic carbocycles. The van der Waals surface area contributed by atoms with Crippen LogP contribution in [0.3, 0.4) is 0 Å². The van der Waals surface area contributed by atoms with Gasteiger partial charge in [-0.1, -0.05) is 72.3 Å². The van der Waals surface area contributed by atoms with Crippen LogP contribution in [-0.4, -0.2) is 12.6 Å². The molecule has 1 N–H and O–H groups in total. The number of ether oxygens (including phenoxy) is 1. The zero-order chi connectivity index (χ0) is 18.5. The number of nitrogens with one attached hydrogen (secondary N) is 1. The molecule has 2 unspecified atom stereocenters. The SMILES string of the molecule is Brc1cccc(COc2ccc(C3CC3NCCC3CCCCC3)cc2)c1.Cl. The molecule has 2 atom stereocenters. The fourth-order valence-corrected chi connectivity index (χ4v) is 4.79. The molecular formula is C24H31BrClNO. The summed E-state index contributed by atoms with van der Waals surface area (Å²) >= 11 is 3.51. The van der Waals surface area contributed by atoms with E-state index >= 15 is 0 Å². The van der Waals surface area contributed by atoms with E-state index in [1.54, 1.807) is 0 Å².